The molecule has 0 bridgehead atoms. The second-order valence-electron chi connectivity index (χ2n) is 3.62. The predicted molar refractivity (Wildman–Crippen MR) is 57.6 cm³/mol. The van der Waals surface area contributed by atoms with Gasteiger partial charge in [0.05, 0.1) is 0 Å². The van der Waals surface area contributed by atoms with Crippen molar-refractivity contribution in [3.8, 4) is 0 Å². The Kier molecular flexibility index (Phi) is 2.80. The molecule has 1 aromatic carbocycles. The molecular weight excluding hydrogens is 203 g/mol. The Morgan fingerprint density at radius 1 is 1.31 bits per heavy atom. The molecule has 1 saturated carbocycles. The molecule has 0 radical (unpaired) electrons. The second-order valence-corrected chi connectivity index (χ2v) is 4.29. The van der Waals surface area contributed by atoms with E-state index in [4.69, 9.17) is 23.2 Å². The van der Waals surface area contributed by atoms with Crippen molar-refractivity contribution in [1.29, 1.82) is 0 Å². The lowest BCUT2D eigenvalue weighted by Gasteiger charge is -2.26. The lowest BCUT2D eigenvalue weighted by molar-refractivity contribution is 0.420. The molecule has 2 rings (SSSR count). The van der Waals surface area contributed by atoms with Gasteiger partial charge in [-0.3, -0.25) is 0 Å². The van der Waals surface area contributed by atoms with Crippen LogP contribution in [0.2, 0.25) is 5.02 Å². The summed E-state index contributed by atoms with van der Waals surface area (Å²) >= 11 is 11.9. The molecule has 0 amide bonds. The molecule has 0 N–H and O–H groups in total. The van der Waals surface area contributed by atoms with Crippen molar-refractivity contribution >= 4 is 23.2 Å². The molecule has 0 spiro atoms. The smallest absolute Gasteiger partial charge is 0.0474 e. The summed E-state index contributed by atoms with van der Waals surface area (Å²) in [6.07, 6.45) is 3.93. The number of hydrogen-bond donors (Lipinski definition) is 0. The maximum Gasteiger partial charge on any atom is 0.0474 e. The van der Waals surface area contributed by atoms with E-state index in [2.05, 4.69) is 12.1 Å². The van der Waals surface area contributed by atoms with Crippen LogP contribution in [-0.4, -0.2) is 0 Å². The molecule has 0 aliphatic heterocycles. The third-order valence-electron chi connectivity index (χ3n) is 2.76. The van der Waals surface area contributed by atoms with Gasteiger partial charge in [0.1, 0.15) is 0 Å². The van der Waals surface area contributed by atoms with E-state index in [1.807, 2.05) is 6.07 Å². The molecule has 0 heterocycles. The third-order valence-corrected chi connectivity index (χ3v) is 3.40. The van der Waals surface area contributed by atoms with Gasteiger partial charge in [-0.15, -0.1) is 11.6 Å². The van der Waals surface area contributed by atoms with Gasteiger partial charge in [0.25, 0.3) is 0 Å². The van der Waals surface area contributed by atoms with E-state index in [-0.39, 0.29) is 0 Å². The van der Waals surface area contributed by atoms with E-state index >= 15 is 0 Å². The molecular formula is C11H12Cl2. The van der Waals surface area contributed by atoms with Crippen LogP contribution < -0.4 is 0 Å². The summed E-state index contributed by atoms with van der Waals surface area (Å²) in [5, 5.41) is 0.892. The molecule has 1 aliphatic carbocycles. The minimum absolute atomic E-state index is 0.546. The molecule has 0 saturated heterocycles. The molecule has 1 aliphatic rings. The van der Waals surface area contributed by atoms with Gasteiger partial charge in [-0.1, -0.05) is 30.2 Å². The lowest BCUT2D eigenvalue weighted by Crippen LogP contribution is -2.09. The highest BCUT2D eigenvalue weighted by Gasteiger charge is 2.21. The maximum absolute atomic E-state index is 6.16. The number of rotatable bonds is 2. The Morgan fingerprint density at radius 2 is 2.08 bits per heavy atom. The molecule has 0 aromatic heterocycles. The summed E-state index contributed by atoms with van der Waals surface area (Å²) in [6, 6.07) is 6.19. The first-order valence-electron chi connectivity index (χ1n) is 4.65. The fraction of sp³-hybridized carbons (Fsp3) is 0.455. The van der Waals surface area contributed by atoms with Gasteiger partial charge in [-0.05, 0) is 36.0 Å². The summed E-state index contributed by atoms with van der Waals surface area (Å²) < 4.78 is 0. The Morgan fingerprint density at radius 3 is 2.54 bits per heavy atom. The number of halogens is 2. The minimum Gasteiger partial charge on any atom is -0.122 e. The van der Waals surface area contributed by atoms with Crippen LogP contribution >= 0.6 is 23.2 Å². The summed E-state index contributed by atoms with van der Waals surface area (Å²) in [5.74, 6) is 1.25. The van der Waals surface area contributed by atoms with Gasteiger partial charge in [-0.25, -0.2) is 0 Å². The summed E-state index contributed by atoms with van der Waals surface area (Å²) in [6.45, 7) is 0. The highest BCUT2D eigenvalue weighted by atomic mass is 35.5. The van der Waals surface area contributed by atoms with E-state index in [0.717, 1.165) is 10.6 Å². The molecule has 1 fully saturated rings. The standard InChI is InChI=1S/C11H12Cl2/c12-7-8-4-5-10(11(13)6-8)9-2-1-3-9/h4-6,9H,1-3,7H2. The van der Waals surface area contributed by atoms with Gasteiger partial charge < -0.3 is 0 Å². The summed E-state index contributed by atoms with van der Waals surface area (Å²) in [5.41, 5.74) is 2.41. The van der Waals surface area contributed by atoms with Crippen LogP contribution in [0, 0.1) is 0 Å². The first-order valence-corrected chi connectivity index (χ1v) is 5.57. The molecule has 70 valence electrons. The van der Waals surface area contributed by atoms with Gasteiger partial charge in [0, 0.05) is 10.9 Å². The van der Waals surface area contributed by atoms with Crippen molar-refractivity contribution in [2.75, 3.05) is 0 Å². The Bertz CT molecular complexity index is 303. The van der Waals surface area contributed by atoms with Crippen molar-refractivity contribution in [3.05, 3.63) is 34.3 Å². The molecule has 13 heavy (non-hydrogen) atoms. The quantitative estimate of drug-likeness (QED) is 0.643. The number of alkyl halides is 1. The molecule has 0 unspecified atom stereocenters. The maximum atomic E-state index is 6.16. The lowest BCUT2D eigenvalue weighted by atomic mass is 9.80. The molecule has 1 aromatic rings. The normalized spacial score (nSPS) is 17.1. The van der Waals surface area contributed by atoms with Crippen LogP contribution in [-0.2, 0) is 5.88 Å². The average molecular weight is 215 g/mol. The van der Waals surface area contributed by atoms with E-state index in [1.165, 1.54) is 24.8 Å². The van der Waals surface area contributed by atoms with Crippen LogP contribution in [0.4, 0.5) is 0 Å². The first-order chi connectivity index (χ1) is 6.31. The van der Waals surface area contributed by atoms with Gasteiger partial charge in [0.2, 0.25) is 0 Å². The fourth-order valence-corrected chi connectivity index (χ4v) is 2.23. The Hall–Kier alpha value is -0.200. The Balaban J connectivity index is 2.26. The average Bonchev–Trinajstić information content (AvgIpc) is 2.05. The highest BCUT2D eigenvalue weighted by molar-refractivity contribution is 6.31. The topological polar surface area (TPSA) is 0 Å². The Labute approximate surface area is 88.9 Å². The van der Waals surface area contributed by atoms with Gasteiger partial charge in [-0.2, -0.15) is 0 Å². The number of hydrogen-bond acceptors (Lipinski definition) is 0. The van der Waals surface area contributed by atoms with Crippen molar-refractivity contribution < 1.29 is 0 Å². The first kappa shape index (κ1) is 9.36. The zero-order valence-electron chi connectivity index (χ0n) is 7.39. The highest BCUT2D eigenvalue weighted by Crippen LogP contribution is 2.39. The van der Waals surface area contributed by atoms with Crippen LogP contribution in [0.25, 0.3) is 0 Å². The molecule has 0 atom stereocenters. The van der Waals surface area contributed by atoms with Crippen LogP contribution in [0.5, 0.6) is 0 Å². The van der Waals surface area contributed by atoms with Crippen molar-refractivity contribution in [2.24, 2.45) is 0 Å². The second kappa shape index (κ2) is 3.89. The van der Waals surface area contributed by atoms with E-state index < -0.39 is 0 Å². The van der Waals surface area contributed by atoms with Crippen molar-refractivity contribution in [3.63, 3.8) is 0 Å². The third kappa shape index (κ3) is 1.84. The minimum atomic E-state index is 0.546. The number of benzene rings is 1. The fourth-order valence-electron chi connectivity index (χ4n) is 1.70. The van der Waals surface area contributed by atoms with E-state index in [1.54, 1.807) is 0 Å². The zero-order valence-corrected chi connectivity index (χ0v) is 8.91. The van der Waals surface area contributed by atoms with Gasteiger partial charge in [0.15, 0.2) is 0 Å². The largest absolute Gasteiger partial charge is 0.122 e. The van der Waals surface area contributed by atoms with Gasteiger partial charge >= 0.3 is 0 Å². The van der Waals surface area contributed by atoms with E-state index in [9.17, 15) is 0 Å². The van der Waals surface area contributed by atoms with Crippen molar-refractivity contribution in [2.45, 2.75) is 31.1 Å². The van der Waals surface area contributed by atoms with Crippen molar-refractivity contribution in [1.82, 2.24) is 0 Å². The monoisotopic (exact) mass is 214 g/mol. The van der Waals surface area contributed by atoms with Crippen LogP contribution in [0.1, 0.15) is 36.3 Å². The SMILES string of the molecule is ClCc1ccc(C2CCC2)c(Cl)c1. The van der Waals surface area contributed by atoms with Crippen LogP contribution in [0.3, 0.4) is 0 Å². The summed E-state index contributed by atoms with van der Waals surface area (Å²) in [7, 11) is 0. The zero-order chi connectivity index (χ0) is 9.26. The molecule has 0 nitrogen and oxygen atoms in total. The molecule has 2 heteroatoms. The van der Waals surface area contributed by atoms with E-state index in [0.29, 0.717) is 11.8 Å². The summed E-state index contributed by atoms with van der Waals surface area (Å²) in [4.78, 5) is 0. The predicted octanol–water partition coefficient (Wildman–Crippen LogP) is 4.35. The van der Waals surface area contributed by atoms with Crippen LogP contribution in [0.15, 0.2) is 18.2 Å².